The summed E-state index contributed by atoms with van der Waals surface area (Å²) in [6.07, 6.45) is 0.544. The summed E-state index contributed by atoms with van der Waals surface area (Å²) in [6, 6.07) is 11.9. The minimum atomic E-state index is -0.846. The molecular weight excluding hydrogens is 348 g/mol. The number of fused-ring (bicyclic) bond motifs is 4. The summed E-state index contributed by atoms with van der Waals surface area (Å²) in [5.74, 6) is 0.928. The van der Waals surface area contributed by atoms with Crippen LogP contribution >= 0.6 is 0 Å². The van der Waals surface area contributed by atoms with E-state index in [4.69, 9.17) is 14.2 Å². The number of methoxy groups -OCH3 is 2. The number of carbonyl (C=O) groups is 2. The Balaban J connectivity index is 1.72. The number of carbonyl (C=O) groups excluding carboxylic acids is 2. The van der Waals surface area contributed by atoms with Crippen molar-refractivity contribution >= 4 is 17.7 Å². The standard InChI is InChI=1S/C20H20N2O5/c1-20-11-16(15-10-12(18(23)26-3)4-9-17(15)27-20)21-19(24)22(20)13-5-7-14(25-2)8-6-13/h4-10,16H,11H2,1-3H3,(H,21,24)/t16-,20-/m1/s1. The van der Waals surface area contributed by atoms with E-state index in [-0.39, 0.29) is 12.1 Å². The fourth-order valence-corrected chi connectivity index (χ4v) is 3.74. The molecule has 0 spiro atoms. The molecule has 2 atom stereocenters. The average molecular weight is 368 g/mol. The maximum atomic E-state index is 12.9. The van der Waals surface area contributed by atoms with Gasteiger partial charge in [-0.05, 0) is 49.4 Å². The number of urea groups is 1. The molecule has 0 unspecified atom stereocenters. The largest absolute Gasteiger partial charge is 0.497 e. The van der Waals surface area contributed by atoms with Gasteiger partial charge in [0, 0.05) is 17.7 Å². The van der Waals surface area contributed by atoms with Crippen LogP contribution in [0.25, 0.3) is 0 Å². The number of hydrogen-bond donors (Lipinski definition) is 1. The maximum Gasteiger partial charge on any atom is 0.337 e. The minimum absolute atomic E-state index is 0.245. The zero-order valence-corrected chi connectivity index (χ0v) is 15.3. The van der Waals surface area contributed by atoms with Crippen LogP contribution in [0, 0.1) is 0 Å². The fraction of sp³-hybridized carbons (Fsp3) is 0.300. The van der Waals surface area contributed by atoms with Crippen molar-refractivity contribution in [3.63, 3.8) is 0 Å². The Bertz CT molecular complexity index is 911. The molecule has 27 heavy (non-hydrogen) atoms. The zero-order chi connectivity index (χ0) is 19.2. The summed E-state index contributed by atoms with van der Waals surface area (Å²) >= 11 is 0. The summed E-state index contributed by atoms with van der Waals surface area (Å²) in [5.41, 5.74) is 1.07. The topological polar surface area (TPSA) is 77.1 Å². The van der Waals surface area contributed by atoms with Gasteiger partial charge in [-0.3, -0.25) is 4.90 Å². The third kappa shape index (κ3) is 2.75. The molecule has 1 N–H and O–H groups in total. The van der Waals surface area contributed by atoms with E-state index in [2.05, 4.69) is 5.32 Å². The average Bonchev–Trinajstić information content (AvgIpc) is 2.67. The van der Waals surface area contributed by atoms with Crippen LogP contribution in [-0.2, 0) is 4.74 Å². The maximum absolute atomic E-state index is 12.9. The van der Waals surface area contributed by atoms with Gasteiger partial charge in [-0.2, -0.15) is 0 Å². The normalized spacial score (nSPS) is 23.0. The van der Waals surface area contributed by atoms with E-state index in [1.807, 2.05) is 19.1 Å². The van der Waals surface area contributed by atoms with Crippen molar-refractivity contribution < 1.29 is 23.8 Å². The van der Waals surface area contributed by atoms with Gasteiger partial charge in [0.05, 0.1) is 25.8 Å². The third-order valence-corrected chi connectivity index (χ3v) is 5.02. The molecule has 0 aromatic heterocycles. The Morgan fingerprint density at radius 1 is 1.22 bits per heavy atom. The van der Waals surface area contributed by atoms with Gasteiger partial charge in [0.15, 0.2) is 5.72 Å². The molecule has 2 aliphatic heterocycles. The molecule has 0 radical (unpaired) electrons. The molecule has 7 nitrogen and oxygen atoms in total. The molecule has 1 fully saturated rings. The van der Waals surface area contributed by atoms with E-state index in [0.29, 0.717) is 29.2 Å². The van der Waals surface area contributed by atoms with Crippen LogP contribution in [0.4, 0.5) is 10.5 Å². The molecule has 2 heterocycles. The number of nitrogens with zero attached hydrogens (tertiary/aromatic N) is 1. The monoisotopic (exact) mass is 368 g/mol. The Hall–Kier alpha value is -3.22. The summed E-state index contributed by atoms with van der Waals surface area (Å²) in [7, 11) is 2.93. The van der Waals surface area contributed by atoms with Crippen LogP contribution in [0.3, 0.4) is 0 Å². The predicted octanol–water partition coefficient (Wildman–Crippen LogP) is 3.25. The summed E-state index contributed by atoms with van der Waals surface area (Å²) in [6.45, 7) is 1.89. The molecule has 7 heteroatoms. The van der Waals surface area contributed by atoms with Gasteiger partial charge in [0.2, 0.25) is 0 Å². The molecule has 2 aliphatic rings. The van der Waals surface area contributed by atoms with Gasteiger partial charge in [-0.25, -0.2) is 9.59 Å². The highest BCUT2D eigenvalue weighted by atomic mass is 16.5. The van der Waals surface area contributed by atoms with E-state index in [1.165, 1.54) is 7.11 Å². The van der Waals surface area contributed by atoms with Crippen molar-refractivity contribution in [1.29, 1.82) is 0 Å². The lowest BCUT2D eigenvalue weighted by Gasteiger charge is -2.50. The van der Waals surface area contributed by atoms with Crippen LogP contribution < -0.4 is 19.7 Å². The number of anilines is 1. The zero-order valence-electron chi connectivity index (χ0n) is 15.3. The molecule has 140 valence electrons. The summed E-state index contributed by atoms with van der Waals surface area (Å²) < 4.78 is 16.2. The van der Waals surface area contributed by atoms with E-state index in [0.717, 1.165) is 5.56 Å². The molecule has 2 amide bonds. The van der Waals surface area contributed by atoms with E-state index in [1.54, 1.807) is 42.3 Å². The van der Waals surface area contributed by atoms with E-state index < -0.39 is 11.7 Å². The van der Waals surface area contributed by atoms with Crippen molar-refractivity contribution in [3.8, 4) is 11.5 Å². The van der Waals surface area contributed by atoms with Crippen LogP contribution in [0.1, 0.15) is 35.3 Å². The van der Waals surface area contributed by atoms with Crippen LogP contribution in [0.2, 0.25) is 0 Å². The van der Waals surface area contributed by atoms with Crippen molar-refractivity contribution in [1.82, 2.24) is 5.32 Å². The van der Waals surface area contributed by atoms with Crippen molar-refractivity contribution in [3.05, 3.63) is 53.6 Å². The number of amides is 2. The highest BCUT2D eigenvalue weighted by molar-refractivity contribution is 5.95. The van der Waals surface area contributed by atoms with Gasteiger partial charge in [0.25, 0.3) is 0 Å². The van der Waals surface area contributed by atoms with Crippen molar-refractivity contribution in [2.24, 2.45) is 0 Å². The first-order chi connectivity index (χ1) is 12.9. The number of benzene rings is 2. The Kier molecular flexibility index (Phi) is 3.95. The van der Waals surface area contributed by atoms with Gasteiger partial charge in [0.1, 0.15) is 11.5 Å². The molecule has 0 saturated carbocycles. The second-order valence-corrected chi connectivity index (χ2v) is 6.76. The first kappa shape index (κ1) is 17.2. The molecule has 4 rings (SSSR count). The molecule has 2 bridgehead atoms. The number of hydrogen-bond acceptors (Lipinski definition) is 5. The lowest BCUT2D eigenvalue weighted by atomic mass is 9.89. The molecule has 2 aromatic carbocycles. The first-order valence-corrected chi connectivity index (χ1v) is 8.61. The number of esters is 1. The van der Waals surface area contributed by atoms with Gasteiger partial charge in [-0.1, -0.05) is 0 Å². The number of nitrogens with one attached hydrogen (secondary N) is 1. The Morgan fingerprint density at radius 3 is 2.63 bits per heavy atom. The van der Waals surface area contributed by atoms with Gasteiger partial charge < -0.3 is 19.5 Å². The predicted molar refractivity (Wildman–Crippen MR) is 98.2 cm³/mol. The number of rotatable bonds is 3. The lowest BCUT2D eigenvalue weighted by Crippen LogP contribution is -2.65. The van der Waals surface area contributed by atoms with E-state index >= 15 is 0 Å². The Labute approximate surface area is 156 Å². The first-order valence-electron chi connectivity index (χ1n) is 8.61. The molecule has 2 aromatic rings. The van der Waals surface area contributed by atoms with E-state index in [9.17, 15) is 9.59 Å². The SMILES string of the molecule is COC(=O)c1ccc2c(c1)[C@H]1C[C@@](C)(O2)N(c2ccc(OC)cc2)C(=O)N1. The van der Waals surface area contributed by atoms with Crippen molar-refractivity contribution in [2.75, 3.05) is 19.1 Å². The minimum Gasteiger partial charge on any atom is -0.497 e. The second kappa shape index (κ2) is 6.19. The second-order valence-electron chi connectivity index (χ2n) is 6.76. The quantitative estimate of drug-likeness (QED) is 0.842. The fourth-order valence-electron chi connectivity index (χ4n) is 3.74. The third-order valence-electron chi connectivity index (χ3n) is 5.02. The molecular formula is C20H20N2O5. The molecule has 0 aliphatic carbocycles. The number of ether oxygens (including phenoxy) is 3. The van der Waals surface area contributed by atoms with Gasteiger partial charge >= 0.3 is 12.0 Å². The highest BCUT2D eigenvalue weighted by Gasteiger charge is 2.50. The van der Waals surface area contributed by atoms with Crippen LogP contribution in [-0.4, -0.2) is 31.9 Å². The van der Waals surface area contributed by atoms with Crippen LogP contribution in [0.15, 0.2) is 42.5 Å². The smallest absolute Gasteiger partial charge is 0.337 e. The molecule has 1 saturated heterocycles. The highest BCUT2D eigenvalue weighted by Crippen LogP contribution is 2.45. The van der Waals surface area contributed by atoms with Crippen LogP contribution in [0.5, 0.6) is 11.5 Å². The lowest BCUT2D eigenvalue weighted by molar-refractivity contribution is 0.0377. The Morgan fingerprint density at radius 2 is 1.96 bits per heavy atom. The van der Waals surface area contributed by atoms with Crippen molar-refractivity contribution in [2.45, 2.75) is 25.1 Å². The van der Waals surface area contributed by atoms with Gasteiger partial charge in [-0.15, -0.1) is 0 Å². The summed E-state index contributed by atoms with van der Waals surface area (Å²) in [5, 5.41) is 3.01. The summed E-state index contributed by atoms with van der Waals surface area (Å²) in [4.78, 5) is 26.3.